The number of fused-ring (bicyclic) bond motifs is 5. The molecule has 0 amide bonds. The molecule has 4 aliphatic rings. The third-order valence-electron chi connectivity index (χ3n) is 11.1. The molecule has 0 heterocycles. The van der Waals surface area contributed by atoms with Crippen LogP contribution in [-0.2, 0) is 0 Å². The van der Waals surface area contributed by atoms with E-state index in [4.69, 9.17) is 0 Å². The van der Waals surface area contributed by atoms with Gasteiger partial charge in [0.2, 0.25) is 0 Å². The molecule has 0 spiro atoms. The van der Waals surface area contributed by atoms with Gasteiger partial charge >= 0.3 is 0 Å². The lowest BCUT2D eigenvalue weighted by Gasteiger charge is -2.62. The Bertz CT molecular complexity index is 593. The second-order valence-electron chi connectivity index (χ2n) is 12.6. The lowest BCUT2D eigenvalue weighted by atomic mass is 9.43. The highest BCUT2D eigenvalue weighted by atomic mass is 16.3. The van der Waals surface area contributed by atoms with E-state index < -0.39 is 0 Å². The summed E-state index contributed by atoms with van der Waals surface area (Å²) in [5.74, 6) is 4.28. The first-order valence-electron chi connectivity index (χ1n) is 13.2. The highest BCUT2D eigenvalue weighted by Crippen LogP contribution is 2.68. The van der Waals surface area contributed by atoms with Crippen molar-refractivity contribution < 1.29 is 15.3 Å². The van der Waals surface area contributed by atoms with Crippen molar-refractivity contribution in [2.75, 3.05) is 6.61 Å². The number of hydrogen-bond donors (Lipinski definition) is 3. The molecule has 4 saturated carbocycles. The van der Waals surface area contributed by atoms with E-state index in [1.54, 1.807) is 0 Å². The minimum absolute atomic E-state index is 0.147. The van der Waals surface area contributed by atoms with Crippen LogP contribution in [0.3, 0.4) is 0 Å². The van der Waals surface area contributed by atoms with Crippen LogP contribution in [-0.4, -0.2) is 34.1 Å². The van der Waals surface area contributed by atoms with Crippen LogP contribution in [0.5, 0.6) is 0 Å². The molecule has 0 bridgehead atoms. The van der Waals surface area contributed by atoms with Gasteiger partial charge in [0.15, 0.2) is 0 Å². The van der Waals surface area contributed by atoms with Crippen molar-refractivity contribution in [2.24, 2.45) is 52.3 Å². The van der Waals surface area contributed by atoms with E-state index in [1.807, 2.05) is 0 Å². The van der Waals surface area contributed by atoms with Crippen LogP contribution in [0.4, 0.5) is 0 Å². The van der Waals surface area contributed by atoms with Crippen molar-refractivity contribution in [2.45, 2.75) is 111 Å². The topological polar surface area (TPSA) is 60.7 Å². The van der Waals surface area contributed by atoms with E-state index in [9.17, 15) is 15.3 Å². The first-order valence-corrected chi connectivity index (χ1v) is 13.2. The van der Waals surface area contributed by atoms with Crippen LogP contribution in [0.1, 0.15) is 98.3 Å². The minimum Gasteiger partial charge on any atom is -0.396 e. The Hall–Kier alpha value is -0.120. The summed E-state index contributed by atoms with van der Waals surface area (Å²) in [7, 11) is 0. The zero-order valence-electron chi connectivity index (χ0n) is 20.0. The first kappa shape index (κ1) is 23.1. The molecule has 0 saturated heterocycles. The average Bonchev–Trinajstić information content (AvgIpc) is 3.06. The predicted molar refractivity (Wildman–Crippen MR) is 122 cm³/mol. The van der Waals surface area contributed by atoms with Gasteiger partial charge in [-0.25, -0.2) is 0 Å². The van der Waals surface area contributed by atoms with E-state index in [2.05, 4.69) is 27.7 Å². The zero-order chi connectivity index (χ0) is 21.7. The lowest BCUT2D eigenvalue weighted by Crippen LogP contribution is -2.58. The summed E-state index contributed by atoms with van der Waals surface area (Å²) in [5.41, 5.74) is 0.718. The molecule has 174 valence electrons. The normalized spacial score (nSPS) is 50.3. The van der Waals surface area contributed by atoms with Gasteiger partial charge in [0.05, 0.1) is 12.2 Å². The maximum Gasteiger partial charge on any atom is 0.0577 e. The Kier molecular flexibility index (Phi) is 6.66. The maximum absolute atomic E-state index is 11.4. The van der Waals surface area contributed by atoms with Crippen molar-refractivity contribution in [1.82, 2.24) is 0 Å². The van der Waals surface area contributed by atoms with E-state index >= 15 is 0 Å². The number of aliphatic hydroxyl groups is 3. The molecule has 3 nitrogen and oxygen atoms in total. The first-order chi connectivity index (χ1) is 14.2. The fraction of sp³-hybridized carbons (Fsp3) is 1.00. The number of aliphatic hydroxyl groups excluding tert-OH is 3. The SMILES string of the molecule is C[C@H](CO)CCC[C@@H](C)[C@H]1CC[C@H]2[C@@H]3[C@@H](O)C[C@H]4C[C@@H](O)CC[C@]4(C)[C@H]3CC[C@]12C. The Morgan fingerprint density at radius 1 is 0.867 bits per heavy atom. The molecule has 0 aromatic rings. The second-order valence-corrected chi connectivity index (χ2v) is 12.6. The summed E-state index contributed by atoms with van der Waals surface area (Å²) < 4.78 is 0. The van der Waals surface area contributed by atoms with Crippen molar-refractivity contribution in [3.8, 4) is 0 Å². The monoisotopic (exact) mass is 420 g/mol. The molecule has 0 aliphatic heterocycles. The number of rotatable bonds is 6. The van der Waals surface area contributed by atoms with Crippen LogP contribution < -0.4 is 0 Å². The molecule has 0 aromatic heterocycles. The van der Waals surface area contributed by atoms with Gasteiger partial charge in [-0.3, -0.25) is 0 Å². The van der Waals surface area contributed by atoms with Crippen LogP contribution in [0.15, 0.2) is 0 Å². The smallest absolute Gasteiger partial charge is 0.0577 e. The van der Waals surface area contributed by atoms with Crippen LogP contribution in [0.25, 0.3) is 0 Å². The summed E-state index contributed by atoms with van der Waals surface area (Å²) in [6.07, 6.45) is 12.5. The highest BCUT2D eigenvalue weighted by molar-refractivity contribution is 5.11. The maximum atomic E-state index is 11.4. The largest absolute Gasteiger partial charge is 0.396 e. The van der Waals surface area contributed by atoms with Gasteiger partial charge in [-0.15, -0.1) is 0 Å². The summed E-state index contributed by atoms with van der Waals surface area (Å²) in [6.45, 7) is 10.0. The molecular weight excluding hydrogens is 372 g/mol. The molecule has 3 heteroatoms. The van der Waals surface area contributed by atoms with Crippen LogP contribution >= 0.6 is 0 Å². The summed E-state index contributed by atoms with van der Waals surface area (Å²) in [4.78, 5) is 0. The quantitative estimate of drug-likeness (QED) is 0.538. The van der Waals surface area contributed by atoms with E-state index in [0.717, 1.165) is 43.9 Å². The van der Waals surface area contributed by atoms with Crippen molar-refractivity contribution in [3.63, 3.8) is 0 Å². The van der Waals surface area contributed by atoms with Gasteiger partial charge in [-0.05, 0) is 110 Å². The van der Waals surface area contributed by atoms with Crippen molar-refractivity contribution >= 4 is 0 Å². The molecule has 4 fully saturated rings. The molecule has 4 aliphatic carbocycles. The Morgan fingerprint density at radius 3 is 2.30 bits per heavy atom. The lowest BCUT2D eigenvalue weighted by molar-refractivity contribution is -0.174. The molecule has 0 unspecified atom stereocenters. The molecule has 0 radical (unpaired) electrons. The van der Waals surface area contributed by atoms with Gasteiger partial charge in [0.1, 0.15) is 0 Å². The predicted octanol–water partition coefficient (Wildman–Crippen LogP) is 5.41. The summed E-state index contributed by atoms with van der Waals surface area (Å²) in [5, 5.41) is 30.9. The van der Waals surface area contributed by atoms with Gasteiger partial charge in [-0.2, -0.15) is 0 Å². The van der Waals surface area contributed by atoms with Crippen LogP contribution in [0.2, 0.25) is 0 Å². The zero-order valence-corrected chi connectivity index (χ0v) is 20.0. The van der Waals surface area contributed by atoms with E-state index in [1.165, 1.54) is 38.5 Å². The molecule has 4 rings (SSSR count). The van der Waals surface area contributed by atoms with Crippen LogP contribution in [0, 0.1) is 52.3 Å². The molecule has 0 aromatic carbocycles. The minimum atomic E-state index is -0.164. The Labute approximate surface area is 185 Å². The van der Waals surface area contributed by atoms with Gasteiger partial charge in [-0.1, -0.05) is 40.5 Å². The second kappa shape index (κ2) is 8.67. The highest BCUT2D eigenvalue weighted by Gasteiger charge is 2.62. The van der Waals surface area contributed by atoms with Crippen molar-refractivity contribution in [1.29, 1.82) is 0 Å². The van der Waals surface area contributed by atoms with Crippen molar-refractivity contribution in [3.05, 3.63) is 0 Å². The fourth-order valence-corrected chi connectivity index (χ4v) is 9.26. The van der Waals surface area contributed by atoms with E-state index in [-0.39, 0.29) is 12.2 Å². The molecule has 3 N–H and O–H groups in total. The third kappa shape index (κ3) is 3.79. The average molecular weight is 421 g/mol. The molecule has 30 heavy (non-hydrogen) atoms. The molecular formula is C27H48O3. The summed E-state index contributed by atoms with van der Waals surface area (Å²) in [6, 6.07) is 0. The van der Waals surface area contributed by atoms with Gasteiger partial charge < -0.3 is 15.3 Å². The third-order valence-corrected chi connectivity index (χ3v) is 11.1. The Balaban J connectivity index is 1.47. The molecule has 11 atom stereocenters. The fourth-order valence-electron chi connectivity index (χ4n) is 9.26. The Morgan fingerprint density at radius 2 is 1.57 bits per heavy atom. The van der Waals surface area contributed by atoms with Gasteiger partial charge in [0.25, 0.3) is 0 Å². The standard InChI is InChI=1S/C27H48O3/c1-17(16-28)6-5-7-18(2)21-8-9-22-25-23(11-13-27(21,22)4)26(3)12-10-20(29)14-19(26)15-24(25)30/h17-25,28-30H,5-16H2,1-4H3/t17-,18+,19+,20-,21+,22-,23-,24-,25-,26-,27+/m0/s1. The van der Waals surface area contributed by atoms with Gasteiger partial charge in [0, 0.05) is 6.61 Å². The van der Waals surface area contributed by atoms with E-state index in [0.29, 0.717) is 47.0 Å². The number of hydrogen-bond acceptors (Lipinski definition) is 3. The summed E-state index contributed by atoms with van der Waals surface area (Å²) >= 11 is 0.